The Labute approximate surface area is 182 Å². The van der Waals surface area contributed by atoms with Gasteiger partial charge in [0.05, 0.1) is 39.0 Å². The maximum atomic E-state index is 13.0. The van der Waals surface area contributed by atoms with E-state index in [1.54, 1.807) is 36.4 Å². The van der Waals surface area contributed by atoms with Crippen LogP contribution >= 0.6 is 23.3 Å². The van der Waals surface area contributed by atoms with Crippen LogP contribution in [-0.4, -0.2) is 18.7 Å². The average molecular weight is 462 g/mol. The number of hydrogen-bond acceptors (Lipinski definition) is 6. The zero-order chi connectivity index (χ0) is 21.6. The molecule has 0 aliphatic rings. The highest BCUT2D eigenvalue weighted by molar-refractivity contribution is 7.00. The van der Waals surface area contributed by atoms with Gasteiger partial charge in [-0.15, -0.1) is 0 Å². The highest BCUT2D eigenvalue weighted by Gasteiger charge is 2.31. The summed E-state index contributed by atoms with van der Waals surface area (Å²) in [6, 6.07) is 14.3. The summed E-state index contributed by atoms with van der Waals surface area (Å²) >= 11 is 7.14. The molecule has 0 fully saturated rings. The predicted molar refractivity (Wildman–Crippen MR) is 113 cm³/mol. The molecule has 31 heavy (non-hydrogen) atoms. The second-order valence-corrected chi connectivity index (χ2v) is 7.51. The number of para-hydroxylation sites is 2. The van der Waals surface area contributed by atoms with Crippen molar-refractivity contribution in [2.75, 3.05) is 5.32 Å². The molecule has 5 rings (SSSR count). The Balaban J connectivity index is 1.46. The third-order valence-electron chi connectivity index (χ3n) is 4.47. The number of imidazole rings is 1. The highest BCUT2D eigenvalue weighted by atomic mass is 35.5. The largest absolute Gasteiger partial charge is 0.455 e. The van der Waals surface area contributed by atoms with Crippen LogP contribution in [0.15, 0.2) is 54.6 Å². The van der Waals surface area contributed by atoms with Gasteiger partial charge in [0, 0.05) is 6.07 Å². The molecule has 0 amide bonds. The molecule has 11 heteroatoms. The molecule has 2 N–H and O–H groups in total. The first-order chi connectivity index (χ1) is 14.9. The fourth-order valence-electron chi connectivity index (χ4n) is 3.03. The molecule has 0 aliphatic heterocycles. The van der Waals surface area contributed by atoms with Crippen molar-refractivity contribution in [2.24, 2.45) is 0 Å². The van der Waals surface area contributed by atoms with E-state index in [0.29, 0.717) is 22.7 Å². The molecular weight excluding hydrogens is 451 g/mol. The van der Waals surface area contributed by atoms with Crippen molar-refractivity contribution in [1.82, 2.24) is 18.7 Å². The van der Waals surface area contributed by atoms with Crippen molar-refractivity contribution in [3.8, 4) is 11.5 Å². The fourth-order valence-corrected chi connectivity index (χ4v) is 3.81. The van der Waals surface area contributed by atoms with Gasteiger partial charge in [-0.2, -0.15) is 21.9 Å². The van der Waals surface area contributed by atoms with Gasteiger partial charge in [-0.1, -0.05) is 23.7 Å². The normalized spacial score (nSPS) is 11.9. The van der Waals surface area contributed by atoms with E-state index >= 15 is 0 Å². The predicted octanol–water partition coefficient (Wildman–Crippen LogP) is 6.78. The molecule has 0 atom stereocenters. The molecule has 0 spiro atoms. The standard InChI is InChI=1S/C20H11ClF3N5OS/c21-12-7-10(20(22,23)24)8-16-18(12)27-19(26-16)25-14-3-1-2-4-17(14)30-11-5-6-13-15(9-11)29-31-28-13/h1-9H,(H2,25,26,27). The average Bonchev–Trinajstić information content (AvgIpc) is 3.35. The van der Waals surface area contributed by atoms with Gasteiger partial charge < -0.3 is 15.0 Å². The van der Waals surface area contributed by atoms with Gasteiger partial charge in [0.15, 0.2) is 5.75 Å². The number of ether oxygens (including phenoxy) is 1. The molecule has 0 unspecified atom stereocenters. The molecular formula is C20H11ClF3N5OS. The van der Waals surface area contributed by atoms with Crippen LogP contribution in [0.25, 0.3) is 22.1 Å². The highest BCUT2D eigenvalue weighted by Crippen LogP contribution is 2.36. The number of H-pyrrole nitrogens is 1. The van der Waals surface area contributed by atoms with E-state index in [1.165, 1.54) is 0 Å². The Morgan fingerprint density at radius 2 is 1.77 bits per heavy atom. The minimum absolute atomic E-state index is 0.0694. The minimum atomic E-state index is -4.52. The number of anilines is 2. The quantitative estimate of drug-likeness (QED) is 0.308. The topological polar surface area (TPSA) is 75.7 Å². The van der Waals surface area contributed by atoms with Crippen molar-refractivity contribution >= 4 is 57.0 Å². The summed E-state index contributed by atoms with van der Waals surface area (Å²) in [7, 11) is 0. The lowest BCUT2D eigenvalue weighted by atomic mass is 10.2. The van der Waals surface area contributed by atoms with Crippen LogP contribution in [0.3, 0.4) is 0 Å². The maximum absolute atomic E-state index is 13.0. The first-order valence-corrected chi connectivity index (χ1v) is 10.0. The minimum Gasteiger partial charge on any atom is -0.455 e. The Bertz CT molecular complexity index is 1420. The van der Waals surface area contributed by atoms with E-state index in [1.807, 2.05) is 6.07 Å². The number of nitrogens with one attached hydrogen (secondary N) is 2. The Morgan fingerprint density at radius 1 is 0.968 bits per heavy atom. The number of halogens is 4. The van der Waals surface area contributed by atoms with E-state index in [-0.39, 0.29) is 16.5 Å². The number of alkyl halides is 3. The Hall–Kier alpha value is -3.37. The van der Waals surface area contributed by atoms with Crippen molar-refractivity contribution in [2.45, 2.75) is 6.18 Å². The summed E-state index contributed by atoms with van der Waals surface area (Å²) in [4.78, 5) is 7.11. The van der Waals surface area contributed by atoms with Crippen LogP contribution < -0.4 is 10.1 Å². The summed E-state index contributed by atoms with van der Waals surface area (Å²) < 4.78 is 53.5. The third kappa shape index (κ3) is 3.87. The second-order valence-electron chi connectivity index (χ2n) is 6.57. The smallest absolute Gasteiger partial charge is 0.416 e. The van der Waals surface area contributed by atoms with Crippen molar-refractivity contribution in [3.05, 3.63) is 65.2 Å². The lowest BCUT2D eigenvalue weighted by Crippen LogP contribution is -2.04. The van der Waals surface area contributed by atoms with Crippen LogP contribution in [0.5, 0.6) is 11.5 Å². The van der Waals surface area contributed by atoms with E-state index in [4.69, 9.17) is 16.3 Å². The number of fused-ring (bicyclic) bond motifs is 2. The lowest BCUT2D eigenvalue weighted by molar-refractivity contribution is -0.137. The number of aromatic amines is 1. The summed E-state index contributed by atoms with van der Waals surface area (Å²) in [5.41, 5.74) is 1.60. The SMILES string of the molecule is FC(F)(F)c1cc(Cl)c2[nH]c(Nc3ccccc3Oc3ccc4nsnc4c3)nc2c1. The molecule has 0 aliphatic carbocycles. The van der Waals surface area contributed by atoms with Gasteiger partial charge in [0.1, 0.15) is 16.8 Å². The van der Waals surface area contributed by atoms with Gasteiger partial charge in [-0.25, -0.2) is 4.98 Å². The van der Waals surface area contributed by atoms with Crippen LogP contribution in [0.2, 0.25) is 5.02 Å². The monoisotopic (exact) mass is 461 g/mol. The van der Waals surface area contributed by atoms with E-state index in [9.17, 15) is 13.2 Å². The summed E-state index contributed by atoms with van der Waals surface area (Å²) in [6.07, 6.45) is -4.52. The number of benzene rings is 3. The number of hydrogen-bond donors (Lipinski definition) is 2. The van der Waals surface area contributed by atoms with Gasteiger partial charge in [0.2, 0.25) is 5.95 Å². The molecule has 156 valence electrons. The Morgan fingerprint density at radius 3 is 2.61 bits per heavy atom. The van der Waals surface area contributed by atoms with E-state index in [2.05, 4.69) is 24.0 Å². The molecule has 0 saturated carbocycles. The molecule has 0 bridgehead atoms. The van der Waals surface area contributed by atoms with Crippen LogP contribution in [-0.2, 0) is 6.18 Å². The van der Waals surface area contributed by atoms with E-state index < -0.39 is 11.7 Å². The van der Waals surface area contributed by atoms with E-state index in [0.717, 1.165) is 34.9 Å². The third-order valence-corrected chi connectivity index (χ3v) is 5.32. The van der Waals surface area contributed by atoms with Crippen molar-refractivity contribution in [3.63, 3.8) is 0 Å². The molecule has 3 aromatic carbocycles. The first kappa shape index (κ1) is 19.6. The molecule has 5 aromatic rings. The Kier molecular flexibility index (Phi) is 4.67. The molecule has 2 aromatic heterocycles. The lowest BCUT2D eigenvalue weighted by Gasteiger charge is -2.11. The summed E-state index contributed by atoms with van der Waals surface area (Å²) in [5, 5.41) is 2.97. The first-order valence-electron chi connectivity index (χ1n) is 8.89. The molecule has 6 nitrogen and oxygen atoms in total. The number of rotatable bonds is 4. The van der Waals surface area contributed by atoms with Crippen LogP contribution in [0.4, 0.5) is 24.8 Å². The number of nitrogens with zero attached hydrogens (tertiary/aromatic N) is 3. The van der Waals surface area contributed by atoms with Gasteiger partial charge >= 0.3 is 6.18 Å². The maximum Gasteiger partial charge on any atom is 0.416 e. The number of aromatic nitrogens is 4. The summed E-state index contributed by atoms with van der Waals surface area (Å²) in [6.45, 7) is 0. The van der Waals surface area contributed by atoms with Crippen LogP contribution in [0, 0.1) is 0 Å². The van der Waals surface area contributed by atoms with Crippen LogP contribution in [0.1, 0.15) is 5.56 Å². The fraction of sp³-hybridized carbons (Fsp3) is 0.0500. The van der Waals surface area contributed by atoms with Gasteiger partial charge in [-0.3, -0.25) is 0 Å². The molecule has 0 saturated heterocycles. The molecule has 0 radical (unpaired) electrons. The summed E-state index contributed by atoms with van der Waals surface area (Å²) in [5.74, 6) is 1.29. The van der Waals surface area contributed by atoms with Crippen molar-refractivity contribution in [1.29, 1.82) is 0 Å². The van der Waals surface area contributed by atoms with Crippen molar-refractivity contribution < 1.29 is 17.9 Å². The second kappa shape index (κ2) is 7.40. The van der Waals surface area contributed by atoms with Gasteiger partial charge in [0.25, 0.3) is 0 Å². The zero-order valence-electron chi connectivity index (χ0n) is 15.4. The van der Waals surface area contributed by atoms with Gasteiger partial charge in [-0.05, 0) is 36.4 Å². The molecule has 2 heterocycles. The zero-order valence-corrected chi connectivity index (χ0v) is 16.9.